The standard InChI is InChI=1S/C29H30N4O6/c1-30(19-13-15-32(16-14-19)29(37)38)28(36)25-26(39-3)23-24(31(25)2)20-11-7-8-12-21(20)33(27(23)35)17-22(34)18-9-5-4-6-10-18/h4-12,19H,13-17H2,1-3H3,(H,37,38). The number of likely N-dealkylation sites (tertiary alicyclic amines) is 1. The number of amides is 2. The minimum Gasteiger partial charge on any atom is -0.493 e. The molecule has 0 radical (unpaired) electrons. The van der Waals surface area contributed by atoms with E-state index in [1.54, 1.807) is 60.0 Å². The Hall–Kier alpha value is -4.60. The summed E-state index contributed by atoms with van der Waals surface area (Å²) in [6.45, 7) is 0.520. The van der Waals surface area contributed by atoms with Crippen LogP contribution in [-0.2, 0) is 13.6 Å². The van der Waals surface area contributed by atoms with Gasteiger partial charge in [0, 0.05) is 44.2 Å². The first-order valence-corrected chi connectivity index (χ1v) is 12.8. The predicted octanol–water partition coefficient (Wildman–Crippen LogP) is 3.60. The van der Waals surface area contributed by atoms with E-state index in [0.29, 0.717) is 47.9 Å². The lowest BCUT2D eigenvalue weighted by Gasteiger charge is -2.35. The Labute approximate surface area is 224 Å². The molecule has 4 aromatic rings. The van der Waals surface area contributed by atoms with Crippen molar-refractivity contribution in [2.75, 3.05) is 27.2 Å². The molecular formula is C29H30N4O6. The monoisotopic (exact) mass is 530 g/mol. The van der Waals surface area contributed by atoms with Crippen molar-refractivity contribution in [1.29, 1.82) is 0 Å². The molecule has 1 N–H and O–H groups in total. The van der Waals surface area contributed by atoms with Crippen LogP contribution in [0.25, 0.3) is 21.8 Å². The van der Waals surface area contributed by atoms with Crippen molar-refractivity contribution in [1.82, 2.24) is 18.9 Å². The number of rotatable bonds is 6. The third kappa shape index (κ3) is 4.41. The fourth-order valence-electron chi connectivity index (χ4n) is 5.56. The number of ether oxygens (including phenoxy) is 1. The Balaban J connectivity index is 1.62. The number of nitrogens with zero attached hydrogens (tertiary/aromatic N) is 4. The summed E-state index contributed by atoms with van der Waals surface area (Å²) in [5.74, 6) is -0.375. The molecule has 1 fully saturated rings. The SMILES string of the molecule is COc1c(C(=O)N(C)C2CCN(C(=O)O)CC2)n(C)c2c1c(=O)n(CC(=O)c1ccccc1)c1ccccc21. The molecule has 10 heteroatoms. The smallest absolute Gasteiger partial charge is 0.407 e. The molecule has 10 nitrogen and oxygen atoms in total. The van der Waals surface area contributed by atoms with Crippen molar-refractivity contribution in [2.45, 2.75) is 25.4 Å². The zero-order valence-corrected chi connectivity index (χ0v) is 22.1. The zero-order valence-electron chi connectivity index (χ0n) is 22.1. The van der Waals surface area contributed by atoms with Crippen molar-refractivity contribution in [3.8, 4) is 5.75 Å². The van der Waals surface area contributed by atoms with Gasteiger partial charge in [-0.05, 0) is 18.9 Å². The molecule has 1 aliphatic heterocycles. The van der Waals surface area contributed by atoms with E-state index in [0.717, 1.165) is 0 Å². The topological polar surface area (TPSA) is 114 Å². The Morgan fingerprint density at radius 3 is 2.31 bits per heavy atom. The lowest BCUT2D eigenvalue weighted by Crippen LogP contribution is -2.47. The van der Waals surface area contributed by atoms with E-state index in [1.165, 1.54) is 16.6 Å². The first-order valence-electron chi connectivity index (χ1n) is 12.8. The fraction of sp³-hybridized carbons (Fsp3) is 0.310. The second-order valence-electron chi connectivity index (χ2n) is 9.78. The van der Waals surface area contributed by atoms with Crippen molar-refractivity contribution >= 4 is 39.6 Å². The first kappa shape index (κ1) is 26.0. The summed E-state index contributed by atoms with van der Waals surface area (Å²) in [4.78, 5) is 55.2. The number of fused-ring (bicyclic) bond motifs is 3. The van der Waals surface area contributed by atoms with E-state index < -0.39 is 11.7 Å². The van der Waals surface area contributed by atoms with Crippen LogP contribution in [0.5, 0.6) is 5.75 Å². The highest BCUT2D eigenvalue weighted by molar-refractivity contribution is 6.12. The Morgan fingerprint density at radius 2 is 1.67 bits per heavy atom. The zero-order chi connectivity index (χ0) is 27.8. The van der Waals surface area contributed by atoms with Gasteiger partial charge in [-0.15, -0.1) is 0 Å². The van der Waals surface area contributed by atoms with Gasteiger partial charge in [0.25, 0.3) is 11.5 Å². The number of pyridine rings is 1. The highest BCUT2D eigenvalue weighted by atomic mass is 16.5. The van der Waals surface area contributed by atoms with Crippen LogP contribution in [0, 0.1) is 0 Å². The number of hydrogen-bond donors (Lipinski definition) is 1. The molecule has 3 heterocycles. The van der Waals surface area contributed by atoms with Gasteiger partial charge in [-0.25, -0.2) is 4.79 Å². The van der Waals surface area contributed by atoms with Crippen LogP contribution >= 0.6 is 0 Å². The van der Waals surface area contributed by atoms with Gasteiger partial charge in [-0.2, -0.15) is 0 Å². The molecule has 0 spiro atoms. The van der Waals surface area contributed by atoms with Gasteiger partial charge >= 0.3 is 6.09 Å². The number of Topliss-reactive ketones (excluding diaryl/α,β-unsaturated/α-hetero) is 1. The van der Waals surface area contributed by atoms with Gasteiger partial charge in [-0.1, -0.05) is 48.5 Å². The highest BCUT2D eigenvalue weighted by Gasteiger charge is 2.33. The first-order chi connectivity index (χ1) is 18.7. The number of aromatic nitrogens is 2. The molecular weight excluding hydrogens is 500 g/mol. The number of carboxylic acid groups (broad SMARTS) is 1. The quantitative estimate of drug-likeness (QED) is 0.381. The Bertz CT molecular complexity index is 1650. The maximum Gasteiger partial charge on any atom is 0.407 e. The van der Waals surface area contributed by atoms with Crippen molar-refractivity contribution in [3.05, 3.63) is 76.2 Å². The molecule has 0 unspecified atom stereocenters. The van der Waals surface area contributed by atoms with Crippen LogP contribution in [0.4, 0.5) is 4.79 Å². The van der Waals surface area contributed by atoms with E-state index in [4.69, 9.17) is 4.74 Å². The maximum atomic E-state index is 14.0. The Kier molecular flexibility index (Phi) is 6.86. The second kappa shape index (κ2) is 10.3. The lowest BCUT2D eigenvalue weighted by atomic mass is 10.0. The number of carbonyl (C=O) groups is 3. The molecule has 0 aliphatic carbocycles. The Morgan fingerprint density at radius 1 is 1.03 bits per heavy atom. The van der Waals surface area contributed by atoms with Gasteiger partial charge in [0.1, 0.15) is 5.39 Å². The van der Waals surface area contributed by atoms with Gasteiger partial charge in [0.2, 0.25) is 0 Å². The molecule has 1 aliphatic rings. The van der Waals surface area contributed by atoms with Gasteiger partial charge in [0.15, 0.2) is 17.2 Å². The van der Waals surface area contributed by atoms with E-state index in [1.807, 2.05) is 18.2 Å². The molecule has 2 aromatic heterocycles. The van der Waals surface area contributed by atoms with Crippen LogP contribution in [-0.4, -0.2) is 75.1 Å². The van der Waals surface area contributed by atoms with Crippen molar-refractivity contribution < 1.29 is 24.2 Å². The summed E-state index contributed by atoms with van der Waals surface area (Å²) in [6, 6.07) is 15.9. The van der Waals surface area contributed by atoms with Crippen LogP contribution in [0.3, 0.4) is 0 Å². The molecule has 202 valence electrons. The number of carbonyl (C=O) groups excluding carboxylic acids is 2. The number of para-hydroxylation sites is 1. The van der Waals surface area contributed by atoms with Gasteiger partial charge in [0.05, 0.1) is 24.7 Å². The van der Waals surface area contributed by atoms with Crippen molar-refractivity contribution in [2.24, 2.45) is 7.05 Å². The summed E-state index contributed by atoms with van der Waals surface area (Å²) in [5, 5.41) is 10.2. The van der Waals surface area contributed by atoms with Gasteiger partial charge in [-0.3, -0.25) is 19.0 Å². The largest absolute Gasteiger partial charge is 0.493 e. The van der Waals surface area contributed by atoms with E-state index in [2.05, 4.69) is 0 Å². The minimum absolute atomic E-state index is 0.156. The number of ketones is 1. The summed E-state index contributed by atoms with van der Waals surface area (Å²) in [7, 11) is 4.84. The highest BCUT2D eigenvalue weighted by Crippen LogP contribution is 2.36. The number of hydrogen-bond acceptors (Lipinski definition) is 5. The van der Waals surface area contributed by atoms with E-state index in [-0.39, 0.29) is 41.1 Å². The third-order valence-corrected chi connectivity index (χ3v) is 7.67. The molecule has 2 amide bonds. The summed E-state index contributed by atoms with van der Waals surface area (Å²) in [6.07, 6.45) is 0.0580. The fourth-order valence-corrected chi connectivity index (χ4v) is 5.56. The number of piperidine rings is 1. The number of aryl methyl sites for hydroxylation is 1. The van der Waals surface area contributed by atoms with Crippen LogP contribution in [0.1, 0.15) is 33.7 Å². The lowest BCUT2D eigenvalue weighted by molar-refractivity contribution is 0.0629. The average Bonchev–Trinajstić information content (AvgIpc) is 3.27. The molecule has 1 saturated heterocycles. The predicted molar refractivity (Wildman–Crippen MR) is 147 cm³/mol. The summed E-state index contributed by atoms with van der Waals surface area (Å²) >= 11 is 0. The van der Waals surface area contributed by atoms with E-state index in [9.17, 15) is 24.3 Å². The molecule has 39 heavy (non-hydrogen) atoms. The van der Waals surface area contributed by atoms with E-state index >= 15 is 0 Å². The van der Waals surface area contributed by atoms with Crippen LogP contribution < -0.4 is 10.3 Å². The normalized spacial score (nSPS) is 14.1. The summed E-state index contributed by atoms with van der Waals surface area (Å²) in [5.41, 5.74) is 1.44. The average molecular weight is 531 g/mol. The third-order valence-electron chi connectivity index (χ3n) is 7.67. The minimum atomic E-state index is -0.966. The molecule has 5 rings (SSSR count). The number of methoxy groups -OCH3 is 1. The molecule has 0 saturated carbocycles. The molecule has 0 atom stereocenters. The van der Waals surface area contributed by atoms with Crippen LogP contribution in [0.15, 0.2) is 59.4 Å². The molecule has 2 aromatic carbocycles. The van der Waals surface area contributed by atoms with Crippen molar-refractivity contribution in [3.63, 3.8) is 0 Å². The van der Waals surface area contributed by atoms with Gasteiger partial charge < -0.3 is 24.2 Å². The van der Waals surface area contributed by atoms with Crippen LogP contribution in [0.2, 0.25) is 0 Å². The summed E-state index contributed by atoms with van der Waals surface area (Å²) < 4.78 is 8.84. The second-order valence-corrected chi connectivity index (χ2v) is 9.78. The number of benzene rings is 2. The molecule has 0 bridgehead atoms. The maximum absolute atomic E-state index is 14.0.